The van der Waals surface area contributed by atoms with Crippen molar-refractivity contribution in [1.29, 1.82) is 0 Å². The molecular weight excluding hydrogens is 562 g/mol. The second kappa shape index (κ2) is 13.1. The van der Waals surface area contributed by atoms with Gasteiger partial charge in [-0.2, -0.15) is 4.31 Å². The van der Waals surface area contributed by atoms with Gasteiger partial charge in [-0.1, -0.05) is 44.2 Å². The Hall–Kier alpha value is -4.27. The number of amides is 1. The van der Waals surface area contributed by atoms with Gasteiger partial charge >= 0.3 is 0 Å². The van der Waals surface area contributed by atoms with Gasteiger partial charge in [-0.3, -0.25) is 14.9 Å². The number of aromatic nitrogens is 4. The number of nitro benzene ring substituents is 1. The predicted molar refractivity (Wildman–Crippen MR) is 155 cm³/mol. The molecule has 0 aliphatic carbocycles. The van der Waals surface area contributed by atoms with Crippen molar-refractivity contribution < 1.29 is 23.2 Å². The third kappa shape index (κ3) is 7.32. The number of aryl methyl sites for hydroxylation is 1. The number of carbonyl (C=O) groups excluding carboxylic acids is 1. The maximum atomic E-state index is 13.6. The smallest absolute Gasteiger partial charge is 0.269 e. The van der Waals surface area contributed by atoms with Gasteiger partial charge in [0.1, 0.15) is 24.2 Å². The summed E-state index contributed by atoms with van der Waals surface area (Å²) in [5, 5.41) is 25.4. The molecular formula is C28H33N7O6S. The zero-order chi connectivity index (χ0) is 30.4. The molecule has 2 aromatic carbocycles. The average Bonchev–Trinajstić information content (AvgIpc) is 3.27. The summed E-state index contributed by atoms with van der Waals surface area (Å²) < 4.78 is 30.0. The lowest BCUT2D eigenvalue weighted by Crippen LogP contribution is -2.51. The van der Waals surface area contributed by atoms with Crippen LogP contribution in [0.15, 0.2) is 72.0 Å². The maximum absolute atomic E-state index is 13.6. The Bertz CT molecular complexity index is 1640. The fourth-order valence-electron chi connectivity index (χ4n) is 4.63. The SMILES string of the molecule is Cc1nc2cncnc2n1CC(=O)N[C@@H](Cc1ccccc1)[C@H](O)CN(CC(C)C)S(=O)(=O)c1ccc([N+](=O)[O-])cc1. The number of rotatable bonds is 13. The first kappa shape index (κ1) is 30.7. The molecule has 0 bridgehead atoms. The molecule has 2 aromatic heterocycles. The van der Waals surface area contributed by atoms with E-state index in [1.807, 2.05) is 44.2 Å². The van der Waals surface area contributed by atoms with E-state index in [-0.39, 0.29) is 42.6 Å². The molecule has 0 aliphatic heterocycles. The first-order valence-electron chi connectivity index (χ1n) is 13.3. The van der Waals surface area contributed by atoms with Crippen LogP contribution < -0.4 is 5.32 Å². The van der Waals surface area contributed by atoms with Gasteiger partial charge in [-0.05, 0) is 37.0 Å². The minimum atomic E-state index is -4.13. The topological polar surface area (TPSA) is 173 Å². The quantitative estimate of drug-likeness (QED) is 0.174. The maximum Gasteiger partial charge on any atom is 0.269 e. The number of non-ortho nitro benzene ring substituents is 1. The molecule has 0 radical (unpaired) electrons. The van der Waals surface area contributed by atoms with E-state index < -0.39 is 33.0 Å². The number of nitrogens with one attached hydrogen (secondary N) is 1. The molecule has 14 heteroatoms. The van der Waals surface area contributed by atoms with Crippen molar-refractivity contribution in [2.24, 2.45) is 5.92 Å². The number of nitro groups is 1. The summed E-state index contributed by atoms with van der Waals surface area (Å²) in [6.45, 7) is 5.09. The van der Waals surface area contributed by atoms with E-state index in [0.29, 0.717) is 17.0 Å². The van der Waals surface area contributed by atoms with Gasteiger partial charge in [-0.15, -0.1) is 0 Å². The van der Waals surface area contributed by atoms with Crippen LogP contribution >= 0.6 is 0 Å². The highest BCUT2D eigenvalue weighted by molar-refractivity contribution is 7.89. The molecule has 222 valence electrons. The molecule has 2 N–H and O–H groups in total. The summed E-state index contributed by atoms with van der Waals surface area (Å²) >= 11 is 0. The van der Waals surface area contributed by atoms with Crippen molar-refractivity contribution >= 4 is 32.8 Å². The Labute approximate surface area is 243 Å². The van der Waals surface area contributed by atoms with Gasteiger partial charge < -0.3 is 15.0 Å². The summed E-state index contributed by atoms with van der Waals surface area (Å²) in [6, 6.07) is 13.0. The fraction of sp³-hybridized carbons (Fsp3) is 0.357. The summed E-state index contributed by atoms with van der Waals surface area (Å²) in [7, 11) is -4.13. The monoisotopic (exact) mass is 595 g/mol. The molecule has 0 fully saturated rings. The lowest BCUT2D eigenvalue weighted by atomic mass is 10.0. The van der Waals surface area contributed by atoms with E-state index in [1.165, 1.54) is 18.5 Å². The largest absolute Gasteiger partial charge is 0.390 e. The zero-order valence-corrected chi connectivity index (χ0v) is 24.3. The molecule has 13 nitrogen and oxygen atoms in total. The molecule has 0 saturated carbocycles. The van der Waals surface area contributed by atoms with Crippen LogP contribution in [0.5, 0.6) is 0 Å². The molecule has 0 unspecified atom stereocenters. The van der Waals surface area contributed by atoms with Crippen LogP contribution in [0.25, 0.3) is 11.2 Å². The second-order valence-electron chi connectivity index (χ2n) is 10.4. The van der Waals surface area contributed by atoms with Gasteiger partial charge in [0.2, 0.25) is 15.9 Å². The summed E-state index contributed by atoms with van der Waals surface area (Å²) in [5.74, 6) is 0.0643. The normalized spacial score (nSPS) is 13.4. The Kier molecular flexibility index (Phi) is 9.60. The van der Waals surface area contributed by atoms with E-state index in [4.69, 9.17) is 0 Å². The second-order valence-corrected chi connectivity index (χ2v) is 12.3. The molecule has 0 spiro atoms. The number of nitrogens with zero attached hydrogens (tertiary/aromatic N) is 6. The van der Waals surface area contributed by atoms with E-state index in [1.54, 1.807) is 17.7 Å². The first-order valence-corrected chi connectivity index (χ1v) is 14.8. The van der Waals surface area contributed by atoms with E-state index in [0.717, 1.165) is 22.0 Å². The Morgan fingerprint density at radius 2 is 1.81 bits per heavy atom. The van der Waals surface area contributed by atoms with Crippen molar-refractivity contribution in [1.82, 2.24) is 29.1 Å². The number of sulfonamides is 1. The van der Waals surface area contributed by atoms with Gasteiger partial charge in [-0.25, -0.2) is 23.4 Å². The molecule has 42 heavy (non-hydrogen) atoms. The van der Waals surface area contributed by atoms with Crippen molar-refractivity contribution in [3.63, 3.8) is 0 Å². The van der Waals surface area contributed by atoms with E-state index in [9.17, 15) is 28.4 Å². The third-order valence-corrected chi connectivity index (χ3v) is 8.50. The number of aliphatic hydroxyl groups is 1. The zero-order valence-electron chi connectivity index (χ0n) is 23.5. The van der Waals surface area contributed by atoms with Crippen LogP contribution in [0.2, 0.25) is 0 Å². The lowest BCUT2D eigenvalue weighted by Gasteiger charge is -2.31. The molecule has 2 heterocycles. The highest BCUT2D eigenvalue weighted by atomic mass is 32.2. The number of hydrogen-bond donors (Lipinski definition) is 2. The minimum absolute atomic E-state index is 0.0856. The van der Waals surface area contributed by atoms with Crippen LogP contribution in [0.4, 0.5) is 5.69 Å². The summed E-state index contributed by atoms with van der Waals surface area (Å²) in [6.07, 6.45) is 1.88. The number of carbonyl (C=O) groups is 1. The Balaban J connectivity index is 1.58. The number of hydrogen-bond acceptors (Lipinski definition) is 9. The fourth-order valence-corrected chi connectivity index (χ4v) is 6.25. The minimum Gasteiger partial charge on any atom is -0.390 e. The van der Waals surface area contributed by atoms with Crippen LogP contribution in [0.1, 0.15) is 25.2 Å². The average molecular weight is 596 g/mol. The molecule has 1 amide bonds. The van der Waals surface area contributed by atoms with Crippen molar-refractivity contribution in [3.8, 4) is 0 Å². The van der Waals surface area contributed by atoms with Gasteiger partial charge in [0.15, 0.2) is 5.65 Å². The number of fused-ring (bicyclic) bond motifs is 1. The van der Waals surface area contributed by atoms with Crippen molar-refractivity contribution in [2.75, 3.05) is 13.1 Å². The van der Waals surface area contributed by atoms with Crippen LogP contribution in [-0.2, 0) is 27.8 Å². The van der Waals surface area contributed by atoms with Gasteiger partial charge in [0.05, 0.1) is 28.2 Å². The Morgan fingerprint density at radius 3 is 2.45 bits per heavy atom. The van der Waals surface area contributed by atoms with E-state index in [2.05, 4.69) is 20.3 Å². The Morgan fingerprint density at radius 1 is 1.12 bits per heavy atom. The number of imidazole rings is 1. The van der Waals surface area contributed by atoms with Gasteiger partial charge in [0.25, 0.3) is 5.69 Å². The number of benzene rings is 2. The van der Waals surface area contributed by atoms with Crippen LogP contribution in [0, 0.1) is 23.0 Å². The van der Waals surface area contributed by atoms with Gasteiger partial charge in [0, 0.05) is 25.2 Å². The standard InChI is InChI=1S/C28H33N7O6S/c1-19(2)15-33(42(40,41)23-11-9-22(10-12-23)35(38)39)16-26(36)24(13-21-7-5-4-6-8-21)32-27(37)17-34-20(3)31-25-14-29-18-30-28(25)34/h4-12,14,18-19,24,26,36H,13,15-17H2,1-3H3,(H,32,37)/t24-,26+/m0/s1. The highest BCUT2D eigenvalue weighted by Gasteiger charge is 2.32. The van der Waals surface area contributed by atoms with E-state index >= 15 is 0 Å². The third-order valence-electron chi connectivity index (χ3n) is 6.66. The number of aliphatic hydroxyl groups excluding tert-OH is 1. The molecule has 4 aromatic rings. The molecule has 0 saturated heterocycles. The molecule has 0 aliphatic rings. The summed E-state index contributed by atoms with van der Waals surface area (Å²) in [5.41, 5.74) is 1.65. The summed E-state index contributed by atoms with van der Waals surface area (Å²) in [4.78, 5) is 36.2. The lowest BCUT2D eigenvalue weighted by molar-refractivity contribution is -0.384. The van der Waals surface area contributed by atoms with Crippen LogP contribution in [0.3, 0.4) is 0 Å². The van der Waals surface area contributed by atoms with Crippen molar-refractivity contribution in [3.05, 3.63) is 88.6 Å². The van der Waals surface area contributed by atoms with Crippen LogP contribution in [-0.4, -0.2) is 73.4 Å². The molecule has 4 rings (SSSR count). The highest BCUT2D eigenvalue weighted by Crippen LogP contribution is 2.22. The predicted octanol–water partition coefficient (Wildman–Crippen LogP) is 2.48. The molecule has 2 atom stereocenters. The van der Waals surface area contributed by atoms with Crippen molar-refractivity contribution in [2.45, 2.75) is 50.8 Å². The first-order chi connectivity index (χ1) is 20.0.